The average molecular weight is 577 g/mol. The minimum atomic E-state index is -0.269. The topological polar surface area (TPSA) is 144 Å². The Morgan fingerprint density at radius 2 is 0.950 bits per heavy atom. The van der Waals surface area contributed by atoms with Crippen LogP contribution in [0.15, 0.2) is 60.7 Å². The van der Waals surface area contributed by atoms with Gasteiger partial charge in [0.25, 0.3) is 0 Å². The molecule has 0 aliphatic heterocycles. The average Bonchev–Trinajstić information content (AvgIpc) is 3.62. The van der Waals surface area contributed by atoms with Gasteiger partial charge in [-0.25, -0.2) is 0 Å². The number of anilines is 2. The van der Waals surface area contributed by atoms with Crippen molar-refractivity contribution in [2.75, 3.05) is 10.6 Å². The minimum Gasteiger partial charge on any atom is -0.301 e. The van der Waals surface area contributed by atoms with E-state index in [1.54, 1.807) is 48.5 Å². The molecule has 2 heterocycles. The number of aryl methyl sites for hydroxylation is 2. The van der Waals surface area contributed by atoms with Gasteiger partial charge < -0.3 is 10.6 Å². The van der Waals surface area contributed by atoms with E-state index in [1.807, 2.05) is 12.1 Å². The maximum Gasteiger partial charge on any atom is 0.226 e. The van der Waals surface area contributed by atoms with Crippen LogP contribution in [0.25, 0.3) is 0 Å². The fraction of sp³-hybridized carbons (Fsp3) is 0.286. The number of rotatable bonds is 15. The van der Waals surface area contributed by atoms with Gasteiger partial charge in [-0.15, -0.1) is 20.4 Å². The Balaban J connectivity index is 1.10. The second-order valence-corrected chi connectivity index (χ2v) is 11.0. The van der Waals surface area contributed by atoms with Crippen LogP contribution in [-0.4, -0.2) is 43.8 Å². The fourth-order valence-corrected chi connectivity index (χ4v) is 5.31. The summed E-state index contributed by atoms with van der Waals surface area (Å²) in [5, 5.41) is 24.2. The SMILES string of the molecule is O=C(CCC(=O)c1ccccc1)Nc1nnc(CCCCc2nnc(NC(=O)CCC(=O)c3ccccc3)s2)s1. The predicted octanol–water partition coefficient (Wildman–Crippen LogP) is 5.16. The zero-order chi connectivity index (χ0) is 28.2. The molecule has 0 aliphatic rings. The van der Waals surface area contributed by atoms with Gasteiger partial charge in [-0.1, -0.05) is 83.3 Å². The Hall–Kier alpha value is -4.16. The van der Waals surface area contributed by atoms with Crippen molar-refractivity contribution >= 4 is 56.3 Å². The fourth-order valence-electron chi connectivity index (χ4n) is 3.72. The number of nitrogens with zero attached hydrogens (tertiary/aromatic N) is 4. The van der Waals surface area contributed by atoms with E-state index < -0.39 is 0 Å². The van der Waals surface area contributed by atoms with Crippen molar-refractivity contribution in [3.05, 3.63) is 81.8 Å². The van der Waals surface area contributed by atoms with Crippen LogP contribution < -0.4 is 10.6 Å². The van der Waals surface area contributed by atoms with Gasteiger partial charge in [-0.3, -0.25) is 19.2 Å². The number of hydrogen-bond acceptors (Lipinski definition) is 10. The number of unbranched alkanes of at least 4 members (excludes halogenated alkanes) is 1. The summed E-state index contributed by atoms with van der Waals surface area (Å²) in [6, 6.07) is 17.8. The number of hydrogen-bond donors (Lipinski definition) is 2. The maximum absolute atomic E-state index is 12.2. The van der Waals surface area contributed by atoms with Crippen molar-refractivity contribution in [2.45, 2.75) is 51.4 Å². The van der Waals surface area contributed by atoms with E-state index in [0.29, 0.717) is 34.2 Å². The maximum atomic E-state index is 12.2. The number of Topliss-reactive ketones (excluding diaryl/α,β-unsaturated/α-hetero) is 2. The zero-order valence-corrected chi connectivity index (χ0v) is 23.3. The molecule has 40 heavy (non-hydrogen) atoms. The first kappa shape index (κ1) is 28.8. The van der Waals surface area contributed by atoms with Gasteiger partial charge in [0, 0.05) is 49.7 Å². The second kappa shape index (κ2) is 14.8. The molecule has 0 radical (unpaired) electrons. The Morgan fingerprint density at radius 3 is 1.35 bits per heavy atom. The number of amides is 2. The van der Waals surface area contributed by atoms with Crippen molar-refractivity contribution in [1.29, 1.82) is 0 Å². The summed E-state index contributed by atoms with van der Waals surface area (Å²) in [6.45, 7) is 0. The van der Waals surface area contributed by atoms with Crippen LogP contribution in [0.3, 0.4) is 0 Å². The molecule has 0 fully saturated rings. The first-order valence-electron chi connectivity index (χ1n) is 12.9. The monoisotopic (exact) mass is 576 g/mol. The molecule has 4 aromatic rings. The van der Waals surface area contributed by atoms with Crippen molar-refractivity contribution in [3.63, 3.8) is 0 Å². The summed E-state index contributed by atoms with van der Waals surface area (Å²) in [5.74, 6) is -0.689. The highest BCUT2D eigenvalue weighted by molar-refractivity contribution is 7.15. The van der Waals surface area contributed by atoms with E-state index in [9.17, 15) is 19.2 Å². The number of benzene rings is 2. The van der Waals surface area contributed by atoms with Crippen molar-refractivity contribution in [1.82, 2.24) is 20.4 Å². The lowest BCUT2D eigenvalue weighted by molar-refractivity contribution is -0.117. The molecule has 2 aromatic carbocycles. The lowest BCUT2D eigenvalue weighted by Crippen LogP contribution is -2.13. The van der Waals surface area contributed by atoms with E-state index in [0.717, 1.165) is 22.9 Å². The Morgan fingerprint density at radius 1 is 0.550 bits per heavy atom. The standard InChI is InChI=1S/C28H28N6O4S2/c35-21(19-9-3-1-4-10-19)15-17-23(37)29-27-33-31-25(39-27)13-7-8-14-26-32-34-28(40-26)30-24(38)18-16-22(36)20-11-5-2-6-12-20/h1-6,9-12H,7-8,13-18H2,(H,29,33,37)(H,30,34,38). The second-order valence-electron chi connectivity index (χ2n) is 8.88. The highest BCUT2D eigenvalue weighted by Gasteiger charge is 2.13. The lowest BCUT2D eigenvalue weighted by atomic mass is 10.1. The molecule has 2 aromatic heterocycles. The Labute approximate surface area is 239 Å². The van der Waals surface area contributed by atoms with Gasteiger partial charge in [0.1, 0.15) is 10.0 Å². The van der Waals surface area contributed by atoms with Gasteiger partial charge in [-0.05, 0) is 12.8 Å². The molecule has 0 saturated carbocycles. The van der Waals surface area contributed by atoms with Crippen LogP contribution in [0, 0.1) is 0 Å². The van der Waals surface area contributed by atoms with Gasteiger partial charge in [0.05, 0.1) is 0 Å². The normalized spacial score (nSPS) is 10.7. The van der Waals surface area contributed by atoms with E-state index in [2.05, 4.69) is 31.0 Å². The molecule has 12 heteroatoms. The molecule has 4 rings (SSSR count). The van der Waals surface area contributed by atoms with Gasteiger partial charge in [0.15, 0.2) is 11.6 Å². The highest BCUT2D eigenvalue weighted by atomic mass is 32.1. The molecule has 2 amide bonds. The lowest BCUT2D eigenvalue weighted by Gasteiger charge is -2.01. The van der Waals surface area contributed by atoms with E-state index in [4.69, 9.17) is 0 Å². The zero-order valence-electron chi connectivity index (χ0n) is 21.7. The van der Waals surface area contributed by atoms with Gasteiger partial charge in [-0.2, -0.15) is 0 Å². The van der Waals surface area contributed by atoms with Gasteiger partial charge in [0.2, 0.25) is 22.1 Å². The van der Waals surface area contributed by atoms with Crippen molar-refractivity contribution in [3.8, 4) is 0 Å². The number of ketones is 2. The predicted molar refractivity (Wildman–Crippen MR) is 154 cm³/mol. The molecule has 0 spiro atoms. The quantitative estimate of drug-likeness (QED) is 0.146. The Kier molecular flexibility index (Phi) is 10.7. The summed E-state index contributed by atoms with van der Waals surface area (Å²) in [6.07, 6.45) is 3.53. The van der Waals surface area contributed by atoms with E-state index >= 15 is 0 Å². The molecule has 10 nitrogen and oxygen atoms in total. The summed E-state index contributed by atoms with van der Waals surface area (Å²) in [4.78, 5) is 48.7. The molecule has 0 bridgehead atoms. The number of carbonyl (C=O) groups excluding carboxylic acids is 4. The number of nitrogens with one attached hydrogen (secondary N) is 2. The molecular formula is C28H28N6O4S2. The van der Waals surface area contributed by atoms with E-state index in [-0.39, 0.29) is 49.1 Å². The summed E-state index contributed by atoms with van der Waals surface area (Å²) >= 11 is 2.64. The van der Waals surface area contributed by atoms with Gasteiger partial charge >= 0.3 is 0 Å². The number of carbonyl (C=O) groups is 4. The van der Waals surface area contributed by atoms with Crippen LogP contribution in [-0.2, 0) is 22.4 Å². The molecule has 206 valence electrons. The first-order chi connectivity index (χ1) is 19.5. The smallest absolute Gasteiger partial charge is 0.226 e. The van der Waals surface area contributed by atoms with Crippen LogP contribution in [0.5, 0.6) is 0 Å². The molecule has 0 atom stereocenters. The van der Waals surface area contributed by atoms with Crippen LogP contribution >= 0.6 is 22.7 Å². The van der Waals surface area contributed by atoms with Crippen molar-refractivity contribution < 1.29 is 19.2 Å². The molecule has 0 unspecified atom stereocenters. The molecular weight excluding hydrogens is 548 g/mol. The molecule has 0 saturated heterocycles. The Bertz CT molecular complexity index is 1330. The summed E-state index contributed by atoms with van der Waals surface area (Å²) in [7, 11) is 0. The number of aromatic nitrogens is 4. The highest BCUT2D eigenvalue weighted by Crippen LogP contribution is 2.21. The van der Waals surface area contributed by atoms with Crippen LogP contribution in [0.1, 0.15) is 69.3 Å². The summed E-state index contributed by atoms with van der Waals surface area (Å²) in [5.41, 5.74) is 1.19. The minimum absolute atomic E-state index is 0.0750. The van der Waals surface area contributed by atoms with Crippen LogP contribution in [0.4, 0.5) is 10.3 Å². The molecule has 2 N–H and O–H groups in total. The molecule has 0 aliphatic carbocycles. The van der Waals surface area contributed by atoms with E-state index in [1.165, 1.54) is 22.7 Å². The summed E-state index contributed by atoms with van der Waals surface area (Å²) < 4.78 is 0. The first-order valence-corrected chi connectivity index (χ1v) is 14.5. The van der Waals surface area contributed by atoms with Crippen LogP contribution in [0.2, 0.25) is 0 Å². The van der Waals surface area contributed by atoms with Crippen molar-refractivity contribution in [2.24, 2.45) is 0 Å². The largest absolute Gasteiger partial charge is 0.301 e. The third-order valence-electron chi connectivity index (χ3n) is 5.81. The third kappa shape index (κ3) is 9.24. The third-order valence-corrected chi connectivity index (χ3v) is 7.60.